The van der Waals surface area contributed by atoms with E-state index in [1.807, 2.05) is 24.0 Å². The number of esters is 2. The molecule has 0 aromatic rings. The molecule has 1 N–H and O–H groups in total. The molecule has 0 fully saturated rings. The summed E-state index contributed by atoms with van der Waals surface area (Å²) in [5, 5.41) is 11.2. The van der Waals surface area contributed by atoms with Crippen LogP contribution in [0.5, 0.6) is 0 Å². The summed E-state index contributed by atoms with van der Waals surface area (Å²) in [6.07, 6.45) is 2.77. The van der Waals surface area contributed by atoms with E-state index in [1.54, 1.807) is 13.0 Å². The lowest BCUT2D eigenvalue weighted by molar-refractivity contribution is -0.157. The first kappa shape index (κ1) is 29.3. The van der Waals surface area contributed by atoms with E-state index >= 15 is 0 Å². The zero-order valence-corrected chi connectivity index (χ0v) is 24.2. The number of carbonyl (C=O) groups excluding carboxylic acids is 2. The largest absolute Gasteiger partial charge is 0.457 e. The van der Waals surface area contributed by atoms with Gasteiger partial charge in [-0.3, -0.25) is 9.59 Å². The van der Waals surface area contributed by atoms with Gasteiger partial charge in [0.2, 0.25) is 0 Å². The van der Waals surface area contributed by atoms with E-state index in [1.165, 1.54) is 6.92 Å². The SMILES string of the molecule is CC(=O)O[C@H]1/C=C\[C@H](C)[C@@H](/C(C)=C/I)OC(=O)C[C@H](O[Si](C)(C)C(C)(C)C)CC[C@@]1(C)O. The molecule has 0 aromatic heterocycles. The number of halogens is 1. The zero-order chi connectivity index (χ0) is 24.9. The normalized spacial score (nSPS) is 32.3. The van der Waals surface area contributed by atoms with Crippen molar-refractivity contribution in [3.8, 4) is 0 Å². The molecule has 0 unspecified atom stereocenters. The number of ether oxygens (including phenoxy) is 2. The van der Waals surface area contributed by atoms with Crippen molar-refractivity contribution >= 4 is 42.8 Å². The molecule has 0 saturated carbocycles. The van der Waals surface area contributed by atoms with Crippen LogP contribution in [0, 0.1) is 5.92 Å². The smallest absolute Gasteiger partial charge is 0.308 e. The summed E-state index contributed by atoms with van der Waals surface area (Å²) in [6.45, 7) is 17.6. The van der Waals surface area contributed by atoms with Crippen LogP contribution in [-0.4, -0.2) is 49.3 Å². The van der Waals surface area contributed by atoms with Crippen LogP contribution in [0.3, 0.4) is 0 Å². The van der Waals surface area contributed by atoms with Gasteiger partial charge >= 0.3 is 11.9 Å². The Morgan fingerprint density at radius 2 is 1.91 bits per heavy atom. The van der Waals surface area contributed by atoms with E-state index in [0.717, 1.165) is 5.57 Å². The number of hydrogen-bond acceptors (Lipinski definition) is 6. The highest BCUT2D eigenvalue weighted by atomic mass is 127. The van der Waals surface area contributed by atoms with Crippen molar-refractivity contribution < 1.29 is 28.6 Å². The molecule has 8 heteroatoms. The maximum absolute atomic E-state index is 12.9. The van der Waals surface area contributed by atoms with Crippen molar-refractivity contribution in [3.63, 3.8) is 0 Å². The summed E-state index contributed by atoms with van der Waals surface area (Å²) in [6, 6.07) is 0. The van der Waals surface area contributed by atoms with Crippen molar-refractivity contribution in [1.29, 1.82) is 0 Å². The summed E-state index contributed by atoms with van der Waals surface area (Å²) in [5.41, 5.74) is -0.380. The topological polar surface area (TPSA) is 82.1 Å². The quantitative estimate of drug-likeness (QED) is 0.199. The average Bonchev–Trinajstić information content (AvgIpc) is 2.64. The Morgan fingerprint density at radius 1 is 1.31 bits per heavy atom. The van der Waals surface area contributed by atoms with E-state index in [2.05, 4.69) is 56.5 Å². The molecular formula is C24H41IO6Si. The van der Waals surface area contributed by atoms with Crippen molar-refractivity contribution in [2.24, 2.45) is 5.92 Å². The molecule has 0 aliphatic carbocycles. The minimum absolute atomic E-state index is 0.0241. The van der Waals surface area contributed by atoms with Gasteiger partial charge in [0.05, 0.1) is 12.5 Å². The van der Waals surface area contributed by atoms with Crippen LogP contribution in [0.25, 0.3) is 0 Å². The van der Waals surface area contributed by atoms with Crippen LogP contribution in [0.4, 0.5) is 0 Å². The molecule has 1 aliphatic rings. The number of cyclic esters (lactones) is 1. The zero-order valence-electron chi connectivity index (χ0n) is 21.0. The predicted octanol–water partition coefficient (Wildman–Crippen LogP) is 5.69. The monoisotopic (exact) mass is 580 g/mol. The fourth-order valence-corrected chi connectivity index (χ4v) is 5.12. The second-order valence-corrected chi connectivity index (χ2v) is 16.0. The summed E-state index contributed by atoms with van der Waals surface area (Å²) in [5.74, 6) is -0.939. The van der Waals surface area contributed by atoms with Gasteiger partial charge < -0.3 is 19.0 Å². The van der Waals surface area contributed by atoms with Crippen LogP contribution in [-0.2, 0) is 23.5 Å². The Morgan fingerprint density at radius 3 is 2.41 bits per heavy atom. The standard InChI is InChI=1S/C24H41IO6Si/c1-16-10-11-20(29-18(3)26)24(7,28)13-12-19(31-32(8,9)23(4,5)6)14-21(27)30-22(16)17(2)15-25/h10-11,15-16,19-20,22,28H,12-14H2,1-9H3/b11-10-,17-15+/t16-,19+,20-,22-,24+/m0/s1. The lowest BCUT2D eigenvalue weighted by Crippen LogP contribution is -2.46. The van der Waals surface area contributed by atoms with Gasteiger partial charge in [0.15, 0.2) is 8.32 Å². The fraction of sp³-hybridized carbons (Fsp3) is 0.750. The highest BCUT2D eigenvalue weighted by molar-refractivity contribution is 14.1. The Bertz CT molecular complexity index is 722. The van der Waals surface area contributed by atoms with Gasteiger partial charge in [0.25, 0.3) is 0 Å². The Labute approximate surface area is 208 Å². The van der Waals surface area contributed by atoms with Crippen LogP contribution < -0.4 is 0 Å². The second kappa shape index (κ2) is 11.6. The average molecular weight is 581 g/mol. The number of rotatable bonds is 4. The molecule has 1 rings (SSSR count). The molecular weight excluding hydrogens is 539 g/mol. The number of aliphatic hydroxyl groups is 1. The number of hydrogen-bond donors (Lipinski definition) is 1. The second-order valence-electron chi connectivity index (χ2n) is 10.6. The van der Waals surface area contributed by atoms with Crippen molar-refractivity contribution in [3.05, 3.63) is 21.8 Å². The third-order valence-electron chi connectivity index (χ3n) is 6.49. The van der Waals surface area contributed by atoms with Crippen LogP contribution in [0.1, 0.15) is 67.7 Å². The molecule has 0 amide bonds. The van der Waals surface area contributed by atoms with E-state index < -0.39 is 38.2 Å². The number of carbonyl (C=O) groups is 2. The molecule has 0 spiro atoms. The molecule has 1 heterocycles. The van der Waals surface area contributed by atoms with Crippen molar-refractivity contribution in [2.45, 2.75) is 110 Å². The van der Waals surface area contributed by atoms with E-state index in [-0.39, 0.29) is 23.3 Å². The van der Waals surface area contributed by atoms with Gasteiger partial charge in [-0.1, -0.05) is 56.4 Å². The van der Waals surface area contributed by atoms with Gasteiger partial charge in [-0.2, -0.15) is 0 Å². The molecule has 184 valence electrons. The molecule has 0 bridgehead atoms. The third-order valence-corrected chi connectivity index (χ3v) is 12.0. The van der Waals surface area contributed by atoms with Crippen molar-refractivity contribution in [1.82, 2.24) is 0 Å². The van der Waals surface area contributed by atoms with Gasteiger partial charge in [-0.05, 0) is 60.6 Å². The fourth-order valence-electron chi connectivity index (χ4n) is 3.37. The van der Waals surface area contributed by atoms with Crippen LogP contribution in [0.2, 0.25) is 18.1 Å². The van der Waals surface area contributed by atoms with Crippen LogP contribution in [0.15, 0.2) is 21.8 Å². The van der Waals surface area contributed by atoms with Gasteiger partial charge in [-0.15, -0.1) is 0 Å². The summed E-state index contributed by atoms with van der Waals surface area (Å²) in [7, 11) is -2.16. The lowest BCUT2D eigenvalue weighted by Gasteiger charge is -2.40. The molecule has 32 heavy (non-hydrogen) atoms. The van der Waals surface area contributed by atoms with E-state index in [9.17, 15) is 14.7 Å². The maximum Gasteiger partial charge on any atom is 0.308 e. The highest BCUT2D eigenvalue weighted by Crippen LogP contribution is 2.39. The minimum Gasteiger partial charge on any atom is -0.457 e. The molecule has 0 radical (unpaired) electrons. The van der Waals surface area contributed by atoms with Crippen LogP contribution >= 0.6 is 22.6 Å². The molecule has 0 aromatic carbocycles. The van der Waals surface area contributed by atoms with E-state index in [4.69, 9.17) is 13.9 Å². The Hall–Kier alpha value is -0.713. The predicted molar refractivity (Wildman–Crippen MR) is 138 cm³/mol. The lowest BCUT2D eigenvalue weighted by atomic mass is 9.89. The first-order valence-corrected chi connectivity index (χ1v) is 15.4. The summed E-state index contributed by atoms with van der Waals surface area (Å²) < 4.78 is 19.8. The third kappa shape index (κ3) is 8.57. The minimum atomic E-state index is -2.16. The molecule has 0 saturated heterocycles. The Balaban J connectivity index is 3.37. The van der Waals surface area contributed by atoms with E-state index in [0.29, 0.717) is 12.8 Å². The van der Waals surface area contributed by atoms with Gasteiger partial charge in [0, 0.05) is 12.8 Å². The molecule has 1 aliphatic heterocycles. The summed E-state index contributed by atoms with van der Waals surface area (Å²) >= 11 is 2.14. The molecule has 6 nitrogen and oxygen atoms in total. The highest BCUT2D eigenvalue weighted by Gasteiger charge is 2.41. The first-order valence-electron chi connectivity index (χ1n) is 11.2. The van der Waals surface area contributed by atoms with Crippen molar-refractivity contribution in [2.75, 3.05) is 0 Å². The summed E-state index contributed by atoms with van der Waals surface area (Å²) in [4.78, 5) is 24.6. The Kier molecular flexibility index (Phi) is 10.6. The molecule has 5 atom stereocenters. The van der Waals surface area contributed by atoms with Gasteiger partial charge in [0.1, 0.15) is 17.8 Å². The maximum atomic E-state index is 12.9. The first-order chi connectivity index (χ1) is 14.5. The van der Waals surface area contributed by atoms with Gasteiger partial charge in [-0.25, -0.2) is 0 Å².